The van der Waals surface area contributed by atoms with Crippen LogP contribution in [0.15, 0.2) is 15.5 Å². The monoisotopic (exact) mass is 321 g/mol. The van der Waals surface area contributed by atoms with Gasteiger partial charge in [0.25, 0.3) is 0 Å². The summed E-state index contributed by atoms with van der Waals surface area (Å²) in [7, 11) is 0. The molecule has 0 amide bonds. The number of anilines is 1. The van der Waals surface area contributed by atoms with Gasteiger partial charge < -0.3 is 14.9 Å². The Kier molecular flexibility index (Phi) is 3.97. The second-order valence-electron chi connectivity index (χ2n) is 3.85. The number of hydrogen-bond donors (Lipinski definition) is 4. The predicted octanol–water partition coefficient (Wildman–Crippen LogP) is -0.552. The minimum Gasteiger partial charge on any atom is -0.394 e. The number of aromatic nitrogens is 2. The van der Waals surface area contributed by atoms with Crippen LogP contribution in [0, 0.1) is 0 Å². The summed E-state index contributed by atoms with van der Waals surface area (Å²) in [6, 6.07) is 0. The molecular weight excluding hydrogens is 310 g/mol. The zero-order valence-electron chi connectivity index (χ0n) is 9.15. The molecule has 0 bridgehead atoms. The summed E-state index contributed by atoms with van der Waals surface area (Å²) >= 11 is 3.12. The third-order valence-electron chi connectivity index (χ3n) is 2.71. The van der Waals surface area contributed by atoms with Gasteiger partial charge in [0.2, 0.25) is 0 Å². The Morgan fingerprint density at radius 1 is 1.67 bits per heavy atom. The van der Waals surface area contributed by atoms with Gasteiger partial charge in [0, 0.05) is 12.6 Å². The molecule has 0 spiro atoms. The molecule has 2 rings (SSSR count). The minimum absolute atomic E-state index is 0.00602. The van der Waals surface area contributed by atoms with Crippen molar-refractivity contribution in [1.29, 1.82) is 0 Å². The highest BCUT2D eigenvalue weighted by Gasteiger charge is 2.35. The molecule has 4 N–H and O–H groups in total. The van der Waals surface area contributed by atoms with Gasteiger partial charge in [0.1, 0.15) is 12.3 Å². The molecule has 0 aromatic carbocycles. The number of hydrogen-bond acceptors (Lipinski definition) is 7. The van der Waals surface area contributed by atoms with E-state index in [-0.39, 0.29) is 18.8 Å². The fourth-order valence-corrected chi connectivity index (χ4v) is 2.18. The maximum Gasteiger partial charge on any atom is 0.351 e. The topological polar surface area (TPSA) is 117 Å². The van der Waals surface area contributed by atoms with E-state index in [1.54, 1.807) is 5.48 Å². The Labute approximate surface area is 110 Å². The van der Waals surface area contributed by atoms with Gasteiger partial charge >= 0.3 is 5.69 Å². The molecule has 3 atom stereocenters. The first-order valence-corrected chi connectivity index (χ1v) is 5.99. The van der Waals surface area contributed by atoms with Gasteiger partial charge in [-0.15, -0.1) is 0 Å². The molecule has 1 aliphatic rings. The second-order valence-corrected chi connectivity index (χ2v) is 4.71. The molecule has 8 nitrogen and oxygen atoms in total. The maximum atomic E-state index is 11.7. The predicted molar refractivity (Wildman–Crippen MR) is 63.2 cm³/mol. The van der Waals surface area contributed by atoms with E-state index in [0.29, 0.717) is 4.47 Å². The Morgan fingerprint density at radius 2 is 2.39 bits per heavy atom. The smallest absolute Gasteiger partial charge is 0.351 e. The van der Waals surface area contributed by atoms with Gasteiger partial charge in [-0.25, -0.2) is 4.79 Å². The minimum atomic E-state index is -0.832. The first-order valence-electron chi connectivity index (χ1n) is 5.20. The van der Waals surface area contributed by atoms with Crippen molar-refractivity contribution in [2.24, 2.45) is 0 Å². The van der Waals surface area contributed by atoms with E-state index >= 15 is 0 Å². The number of rotatable bonds is 3. The van der Waals surface area contributed by atoms with Crippen molar-refractivity contribution < 1.29 is 20.2 Å². The summed E-state index contributed by atoms with van der Waals surface area (Å²) in [6.07, 6.45) is -0.658. The zero-order chi connectivity index (χ0) is 13.3. The Balaban J connectivity index is 2.30. The van der Waals surface area contributed by atoms with Crippen LogP contribution in [0.2, 0.25) is 0 Å². The van der Waals surface area contributed by atoms with E-state index in [4.69, 9.17) is 15.1 Å². The first kappa shape index (κ1) is 13.4. The van der Waals surface area contributed by atoms with E-state index < -0.39 is 24.1 Å². The molecule has 2 heterocycles. The van der Waals surface area contributed by atoms with E-state index in [1.165, 1.54) is 10.8 Å². The summed E-state index contributed by atoms with van der Waals surface area (Å²) in [5, 5.41) is 27.3. The van der Waals surface area contributed by atoms with Gasteiger partial charge in [0.05, 0.1) is 17.2 Å². The quantitative estimate of drug-likeness (QED) is 0.552. The van der Waals surface area contributed by atoms with Crippen LogP contribution in [0.4, 0.5) is 5.82 Å². The SMILES string of the molecule is O=c1nc(NO)c(Br)cn1[C@H]1CC(O)[C@@H](CO)O1. The van der Waals surface area contributed by atoms with Crippen LogP contribution in [-0.2, 0) is 4.74 Å². The molecule has 1 aromatic heterocycles. The highest BCUT2D eigenvalue weighted by molar-refractivity contribution is 9.10. The number of aliphatic hydroxyl groups excluding tert-OH is 2. The summed E-state index contributed by atoms with van der Waals surface area (Å²) in [5.41, 5.74) is 1.15. The number of aliphatic hydroxyl groups is 2. The van der Waals surface area contributed by atoms with Crippen molar-refractivity contribution in [2.45, 2.75) is 24.9 Å². The molecule has 1 unspecified atom stereocenters. The van der Waals surface area contributed by atoms with Gasteiger partial charge in [-0.2, -0.15) is 4.98 Å². The molecule has 1 aromatic rings. The Morgan fingerprint density at radius 3 is 2.94 bits per heavy atom. The van der Waals surface area contributed by atoms with Gasteiger partial charge in [-0.3, -0.25) is 15.3 Å². The van der Waals surface area contributed by atoms with Crippen LogP contribution in [0.25, 0.3) is 0 Å². The van der Waals surface area contributed by atoms with E-state index in [0.717, 1.165) is 0 Å². The molecule has 100 valence electrons. The molecule has 9 heteroatoms. The molecule has 1 saturated heterocycles. The van der Waals surface area contributed by atoms with Gasteiger partial charge in [-0.1, -0.05) is 0 Å². The van der Waals surface area contributed by atoms with Crippen LogP contribution in [-0.4, -0.2) is 43.8 Å². The largest absolute Gasteiger partial charge is 0.394 e. The number of nitrogens with zero attached hydrogens (tertiary/aromatic N) is 2. The lowest BCUT2D eigenvalue weighted by molar-refractivity contribution is -0.0459. The van der Waals surface area contributed by atoms with Gasteiger partial charge in [0.15, 0.2) is 5.82 Å². The van der Waals surface area contributed by atoms with Crippen molar-refractivity contribution in [3.63, 3.8) is 0 Å². The third kappa shape index (κ3) is 2.40. The van der Waals surface area contributed by atoms with Crippen molar-refractivity contribution in [1.82, 2.24) is 9.55 Å². The fraction of sp³-hybridized carbons (Fsp3) is 0.556. The van der Waals surface area contributed by atoms with Crippen LogP contribution in [0.1, 0.15) is 12.6 Å². The number of ether oxygens (including phenoxy) is 1. The first-order chi connectivity index (χ1) is 8.56. The molecule has 1 aliphatic heterocycles. The standard InChI is InChI=1S/C9H12BrN3O5/c10-4-2-13(9(16)11-8(4)12-17)7-1-5(15)6(3-14)18-7/h2,5-7,14-15,17H,1,3H2,(H,11,12,16)/t5?,6-,7-/m1/s1. The number of halogens is 1. The molecule has 0 radical (unpaired) electrons. The average molecular weight is 322 g/mol. The summed E-state index contributed by atoms with van der Waals surface area (Å²) in [6.45, 7) is -0.322. The van der Waals surface area contributed by atoms with Crippen LogP contribution in [0.3, 0.4) is 0 Å². The van der Waals surface area contributed by atoms with E-state index in [9.17, 15) is 9.90 Å². The lowest BCUT2D eigenvalue weighted by Crippen LogP contribution is -2.28. The molecule has 1 fully saturated rings. The Bertz CT molecular complexity index is 494. The molecule has 0 aliphatic carbocycles. The normalized spacial score (nSPS) is 27.4. The van der Waals surface area contributed by atoms with E-state index in [1.807, 2.05) is 0 Å². The van der Waals surface area contributed by atoms with Crippen LogP contribution in [0.5, 0.6) is 0 Å². The summed E-state index contributed by atoms with van der Waals surface area (Å²) in [4.78, 5) is 15.3. The summed E-state index contributed by atoms with van der Waals surface area (Å²) < 4.78 is 6.89. The molecular formula is C9H12BrN3O5. The Hall–Kier alpha value is -1.00. The fourth-order valence-electron chi connectivity index (χ4n) is 1.78. The lowest BCUT2D eigenvalue weighted by Gasteiger charge is -2.15. The van der Waals surface area contributed by atoms with E-state index in [2.05, 4.69) is 20.9 Å². The van der Waals surface area contributed by atoms with Crippen LogP contribution < -0.4 is 11.2 Å². The van der Waals surface area contributed by atoms with Crippen molar-refractivity contribution in [3.05, 3.63) is 21.2 Å². The van der Waals surface area contributed by atoms with Crippen LogP contribution >= 0.6 is 15.9 Å². The third-order valence-corrected chi connectivity index (χ3v) is 3.29. The van der Waals surface area contributed by atoms with Gasteiger partial charge in [-0.05, 0) is 15.9 Å². The summed E-state index contributed by atoms with van der Waals surface area (Å²) in [5.74, 6) is -0.00602. The van der Waals surface area contributed by atoms with Crippen molar-refractivity contribution >= 4 is 21.7 Å². The lowest BCUT2D eigenvalue weighted by atomic mass is 10.2. The highest BCUT2D eigenvalue weighted by atomic mass is 79.9. The zero-order valence-corrected chi connectivity index (χ0v) is 10.7. The maximum absolute atomic E-state index is 11.7. The highest BCUT2D eigenvalue weighted by Crippen LogP contribution is 2.28. The average Bonchev–Trinajstić information content (AvgIpc) is 2.72. The van der Waals surface area contributed by atoms with Crippen molar-refractivity contribution in [2.75, 3.05) is 12.1 Å². The molecule has 0 saturated carbocycles. The van der Waals surface area contributed by atoms with Crippen molar-refractivity contribution in [3.8, 4) is 0 Å². The second kappa shape index (κ2) is 5.33. The number of nitrogens with one attached hydrogen (secondary N) is 1. The molecule has 18 heavy (non-hydrogen) atoms.